The van der Waals surface area contributed by atoms with Gasteiger partial charge in [0.1, 0.15) is 0 Å². The molecule has 2 aromatic rings. The van der Waals surface area contributed by atoms with E-state index < -0.39 is 11.6 Å². The number of halogens is 1. The first-order valence-corrected chi connectivity index (χ1v) is 9.58. The molecule has 0 unspecified atom stereocenters. The van der Waals surface area contributed by atoms with E-state index in [4.69, 9.17) is 9.84 Å². The van der Waals surface area contributed by atoms with Crippen LogP contribution in [0.25, 0.3) is 11.0 Å². The van der Waals surface area contributed by atoms with Gasteiger partial charge in [0, 0.05) is 26.4 Å². The van der Waals surface area contributed by atoms with Crippen molar-refractivity contribution in [3.05, 3.63) is 29.7 Å². The Kier molecular flexibility index (Phi) is 4.61. The summed E-state index contributed by atoms with van der Waals surface area (Å²) in [5.74, 6) is -0.0815. The third kappa shape index (κ3) is 3.37. The number of hydrogen-bond acceptors (Lipinski definition) is 5. The Balaban J connectivity index is 1.52. The van der Waals surface area contributed by atoms with Crippen LogP contribution in [0.15, 0.2) is 18.3 Å². The number of aromatic nitrogens is 2. The lowest BCUT2D eigenvalue weighted by Crippen LogP contribution is -2.62. The Hall–Kier alpha value is -2.48. The van der Waals surface area contributed by atoms with Crippen LogP contribution in [0.1, 0.15) is 37.7 Å². The van der Waals surface area contributed by atoms with Gasteiger partial charge in [0.15, 0.2) is 11.6 Å². The average molecular weight is 388 g/mol. The molecule has 8 heteroatoms. The van der Waals surface area contributed by atoms with Gasteiger partial charge >= 0.3 is 6.09 Å². The molecule has 2 bridgehead atoms. The molecule has 2 aliphatic heterocycles. The molecule has 28 heavy (non-hydrogen) atoms. The molecular formula is C20H25FN4O3. The van der Waals surface area contributed by atoms with Gasteiger partial charge in [-0.15, -0.1) is 0 Å². The Labute approximate surface area is 162 Å². The summed E-state index contributed by atoms with van der Waals surface area (Å²) in [5.41, 5.74) is 1.64. The predicted molar refractivity (Wildman–Crippen MR) is 103 cm³/mol. The number of aryl methyl sites for hydroxylation is 1. The van der Waals surface area contributed by atoms with Crippen molar-refractivity contribution in [2.45, 2.75) is 49.7 Å². The minimum atomic E-state index is -0.990. The molecule has 2 N–H and O–H groups in total. The fourth-order valence-electron chi connectivity index (χ4n) is 4.44. The molecule has 4 heterocycles. The molecule has 0 radical (unpaired) electrons. The maximum absolute atomic E-state index is 14.2. The van der Waals surface area contributed by atoms with Crippen molar-refractivity contribution in [1.29, 1.82) is 0 Å². The Morgan fingerprint density at radius 2 is 2.11 bits per heavy atom. The number of pyridine rings is 2. The van der Waals surface area contributed by atoms with Gasteiger partial charge in [-0.05, 0) is 50.2 Å². The van der Waals surface area contributed by atoms with E-state index in [0.717, 1.165) is 49.6 Å². The van der Waals surface area contributed by atoms with E-state index in [1.165, 1.54) is 6.07 Å². The maximum Gasteiger partial charge on any atom is 0.405 e. The van der Waals surface area contributed by atoms with Crippen LogP contribution < -0.4 is 10.2 Å². The molecule has 5 rings (SSSR count). The van der Waals surface area contributed by atoms with Gasteiger partial charge in [0.25, 0.3) is 0 Å². The summed E-state index contributed by atoms with van der Waals surface area (Å²) in [6, 6.07) is 3.37. The highest BCUT2D eigenvalue weighted by Crippen LogP contribution is 2.46. The summed E-state index contributed by atoms with van der Waals surface area (Å²) in [6.07, 6.45) is 5.54. The zero-order chi connectivity index (χ0) is 19.9. The molecular weight excluding hydrogens is 363 g/mol. The molecule has 3 aliphatic rings. The van der Waals surface area contributed by atoms with Gasteiger partial charge in [-0.1, -0.05) is 0 Å². The van der Waals surface area contributed by atoms with Crippen molar-refractivity contribution in [3.8, 4) is 0 Å². The van der Waals surface area contributed by atoms with E-state index in [1.54, 1.807) is 25.2 Å². The van der Waals surface area contributed by atoms with E-state index in [9.17, 15) is 9.18 Å². The van der Waals surface area contributed by atoms with Gasteiger partial charge in [0.2, 0.25) is 0 Å². The number of rotatable bonds is 5. The van der Waals surface area contributed by atoms with E-state index in [0.29, 0.717) is 17.9 Å². The Bertz CT molecular complexity index is 893. The summed E-state index contributed by atoms with van der Waals surface area (Å²) in [4.78, 5) is 21.5. The normalized spacial score (nSPS) is 26.4. The molecule has 7 nitrogen and oxygen atoms in total. The summed E-state index contributed by atoms with van der Waals surface area (Å²) < 4.78 is 20.4. The van der Waals surface area contributed by atoms with E-state index >= 15 is 0 Å². The van der Waals surface area contributed by atoms with Crippen molar-refractivity contribution >= 4 is 22.9 Å². The van der Waals surface area contributed by atoms with Gasteiger partial charge in [0.05, 0.1) is 28.8 Å². The van der Waals surface area contributed by atoms with Crippen molar-refractivity contribution in [2.24, 2.45) is 0 Å². The molecule has 0 spiro atoms. The Morgan fingerprint density at radius 1 is 1.36 bits per heavy atom. The van der Waals surface area contributed by atoms with Crippen LogP contribution in [0.3, 0.4) is 0 Å². The van der Waals surface area contributed by atoms with Crippen LogP contribution in [0.5, 0.6) is 0 Å². The first kappa shape index (κ1) is 18.9. The van der Waals surface area contributed by atoms with Gasteiger partial charge in [-0.2, -0.15) is 0 Å². The minimum absolute atomic E-state index is 0.220. The second-order valence-corrected chi connectivity index (χ2v) is 8.21. The quantitative estimate of drug-likeness (QED) is 0.818. The molecule has 1 amide bonds. The van der Waals surface area contributed by atoms with Crippen LogP contribution in [0, 0.1) is 5.82 Å². The molecule has 2 saturated heterocycles. The van der Waals surface area contributed by atoms with Gasteiger partial charge in [-0.3, -0.25) is 4.98 Å². The van der Waals surface area contributed by atoms with Crippen LogP contribution in [0.4, 0.5) is 15.0 Å². The number of carboxylic acid groups (broad SMARTS) is 1. The number of amides is 1. The number of nitrogens with one attached hydrogen (secondary N) is 1. The molecule has 0 aromatic carbocycles. The largest absolute Gasteiger partial charge is 0.465 e. The SMILES string of the molecule is CN(C)c1nc2c(CCC34CCC(NC(=O)O)(CC3)CO4)ccnc2cc1F. The molecule has 0 atom stereocenters. The fraction of sp³-hybridized carbons (Fsp3) is 0.550. The fourth-order valence-corrected chi connectivity index (χ4v) is 4.44. The topological polar surface area (TPSA) is 87.6 Å². The second kappa shape index (κ2) is 6.84. The van der Waals surface area contributed by atoms with Crippen LogP contribution in [-0.2, 0) is 11.2 Å². The summed E-state index contributed by atoms with van der Waals surface area (Å²) in [7, 11) is 3.53. The van der Waals surface area contributed by atoms with Crippen molar-refractivity contribution in [3.63, 3.8) is 0 Å². The molecule has 1 aliphatic carbocycles. The van der Waals surface area contributed by atoms with Crippen molar-refractivity contribution in [1.82, 2.24) is 15.3 Å². The lowest BCUT2D eigenvalue weighted by Gasteiger charge is -2.53. The number of fused-ring (bicyclic) bond motifs is 4. The lowest BCUT2D eigenvalue weighted by molar-refractivity contribution is -0.162. The molecule has 3 fully saturated rings. The molecule has 150 valence electrons. The van der Waals surface area contributed by atoms with Crippen LogP contribution in [-0.4, -0.2) is 53.0 Å². The van der Waals surface area contributed by atoms with Crippen molar-refractivity contribution < 1.29 is 19.0 Å². The number of carbonyl (C=O) groups is 1. The van der Waals surface area contributed by atoms with E-state index in [1.807, 2.05) is 6.07 Å². The first-order valence-electron chi connectivity index (χ1n) is 9.58. The highest BCUT2D eigenvalue weighted by Gasteiger charge is 2.50. The van der Waals surface area contributed by atoms with Gasteiger partial charge < -0.3 is 20.1 Å². The highest BCUT2D eigenvalue weighted by molar-refractivity contribution is 5.79. The second-order valence-electron chi connectivity index (χ2n) is 8.21. The monoisotopic (exact) mass is 388 g/mol. The molecule has 2 aromatic heterocycles. The van der Waals surface area contributed by atoms with E-state index in [2.05, 4.69) is 15.3 Å². The zero-order valence-corrected chi connectivity index (χ0v) is 16.2. The maximum atomic E-state index is 14.2. The van der Waals surface area contributed by atoms with E-state index in [-0.39, 0.29) is 11.4 Å². The number of ether oxygens (including phenoxy) is 1. The Morgan fingerprint density at radius 3 is 2.71 bits per heavy atom. The smallest absolute Gasteiger partial charge is 0.405 e. The molecule has 1 saturated carbocycles. The summed E-state index contributed by atoms with van der Waals surface area (Å²) >= 11 is 0. The average Bonchev–Trinajstić information content (AvgIpc) is 2.66. The zero-order valence-electron chi connectivity index (χ0n) is 16.2. The number of anilines is 1. The first-order chi connectivity index (χ1) is 13.3. The van der Waals surface area contributed by atoms with Crippen molar-refractivity contribution in [2.75, 3.05) is 25.6 Å². The standard InChI is InChI=1S/C20H25FN4O3/c1-25(2)17-14(21)11-15-16(23-17)13(4-10-22-15)3-5-20-8-6-19(7-9-20,12-28-20)24-18(26)27/h4,10-11,24H,3,5-9,12H2,1-2H3,(H,26,27). The number of hydrogen-bond donors (Lipinski definition) is 2. The highest BCUT2D eigenvalue weighted by atomic mass is 19.1. The third-order valence-electron chi connectivity index (χ3n) is 6.15. The van der Waals surface area contributed by atoms with Gasteiger partial charge in [-0.25, -0.2) is 14.2 Å². The van der Waals surface area contributed by atoms with Crippen LogP contribution in [0.2, 0.25) is 0 Å². The minimum Gasteiger partial charge on any atom is -0.465 e. The lowest BCUT2D eigenvalue weighted by atomic mass is 9.69. The predicted octanol–water partition coefficient (Wildman–Crippen LogP) is 3.12. The third-order valence-corrected chi connectivity index (χ3v) is 6.15. The van der Waals surface area contributed by atoms with Crippen LogP contribution >= 0.6 is 0 Å². The number of nitrogens with zero attached hydrogens (tertiary/aromatic N) is 3. The summed E-state index contributed by atoms with van der Waals surface area (Å²) in [6.45, 7) is 0.421. The summed E-state index contributed by atoms with van der Waals surface area (Å²) in [5, 5.41) is 11.7.